The molecular formula is C18H22N2O. The van der Waals surface area contributed by atoms with Gasteiger partial charge >= 0.3 is 0 Å². The van der Waals surface area contributed by atoms with E-state index in [0.29, 0.717) is 6.54 Å². The maximum absolute atomic E-state index is 12.5. The maximum atomic E-state index is 12.5. The van der Waals surface area contributed by atoms with Crippen LogP contribution in [0.4, 0.5) is 0 Å². The van der Waals surface area contributed by atoms with E-state index in [1.165, 1.54) is 11.1 Å². The monoisotopic (exact) mass is 282 g/mol. The number of benzene rings is 1. The van der Waals surface area contributed by atoms with Crippen LogP contribution in [0.15, 0.2) is 24.3 Å². The third kappa shape index (κ3) is 3.11. The van der Waals surface area contributed by atoms with Crippen molar-refractivity contribution >= 4 is 5.91 Å². The number of carbonyl (C=O) groups is 1. The average molecular weight is 282 g/mol. The topological polar surface area (TPSA) is 32.3 Å². The number of nitrogens with one attached hydrogen (secondary N) is 1. The van der Waals surface area contributed by atoms with Gasteiger partial charge in [0, 0.05) is 5.92 Å². The summed E-state index contributed by atoms with van der Waals surface area (Å²) in [4.78, 5) is 14.7. The molecule has 1 aromatic carbocycles. The molecule has 2 aliphatic rings. The average Bonchev–Trinajstić information content (AvgIpc) is 2.92. The summed E-state index contributed by atoms with van der Waals surface area (Å²) in [6.45, 7) is 2.57. The SMILES string of the molecule is C#CCN1CCC(C(=O)NC2CCc3ccccc32)CC1. The Morgan fingerprint density at radius 3 is 2.81 bits per heavy atom. The molecule has 1 aliphatic carbocycles. The first-order chi connectivity index (χ1) is 10.3. The number of hydrogen-bond acceptors (Lipinski definition) is 2. The van der Waals surface area contributed by atoms with Crippen LogP contribution in [0.5, 0.6) is 0 Å². The molecule has 21 heavy (non-hydrogen) atoms. The maximum Gasteiger partial charge on any atom is 0.223 e. The van der Waals surface area contributed by atoms with Crippen LogP contribution in [-0.4, -0.2) is 30.4 Å². The van der Waals surface area contributed by atoms with E-state index in [4.69, 9.17) is 6.42 Å². The molecule has 3 heteroatoms. The van der Waals surface area contributed by atoms with Gasteiger partial charge in [-0.3, -0.25) is 9.69 Å². The van der Waals surface area contributed by atoms with Crippen molar-refractivity contribution in [2.75, 3.05) is 19.6 Å². The second kappa shape index (κ2) is 6.32. The highest BCUT2D eigenvalue weighted by Gasteiger charge is 2.29. The van der Waals surface area contributed by atoms with Gasteiger partial charge in [0.2, 0.25) is 5.91 Å². The van der Waals surface area contributed by atoms with Gasteiger partial charge in [0.05, 0.1) is 12.6 Å². The summed E-state index contributed by atoms with van der Waals surface area (Å²) in [6.07, 6.45) is 9.27. The summed E-state index contributed by atoms with van der Waals surface area (Å²) in [5, 5.41) is 3.25. The normalized spacial score (nSPS) is 22.5. The Kier molecular flexibility index (Phi) is 4.26. The molecule has 0 radical (unpaired) electrons. The van der Waals surface area contributed by atoms with E-state index in [1.807, 2.05) is 0 Å². The van der Waals surface area contributed by atoms with Crippen LogP contribution in [0.1, 0.15) is 36.4 Å². The number of hydrogen-bond donors (Lipinski definition) is 1. The van der Waals surface area contributed by atoms with Gasteiger partial charge in [-0.05, 0) is 49.9 Å². The lowest BCUT2D eigenvalue weighted by atomic mass is 9.95. The number of terminal acetylenes is 1. The Morgan fingerprint density at radius 2 is 2.05 bits per heavy atom. The van der Waals surface area contributed by atoms with Crippen LogP contribution in [0.2, 0.25) is 0 Å². The van der Waals surface area contributed by atoms with E-state index in [-0.39, 0.29) is 17.9 Å². The standard InChI is InChI=1S/C18H22N2O/c1-2-11-20-12-9-15(10-13-20)18(21)19-17-8-7-14-5-3-4-6-16(14)17/h1,3-6,15,17H,7-13H2,(H,19,21). The molecule has 0 saturated carbocycles. The molecule has 3 rings (SSSR count). The lowest BCUT2D eigenvalue weighted by Gasteiger charge is -2.30. The van der Waals surface area contributed by atoms with E-state index in [9.17, 15) is 4.79 Å². The second-order valence-corrected chi connectivity index (χ2v) is 6.05. The van der Waals surface area contributed by atoms with Gasteiger partial charge in [-0.15, -0.1) is 6.42 Å². The molecule has 1 unspecified atom stereocenters. The van der Waals surface area contributed by atoms with Crippen molar-refractivity contribution in [2.24, 2.45) is 5.92 Å². The van der Waals surface area contributed by atoms with E-state index >= 15 is 0 Å². The van der Waals surface area contributed by atoms with E-state index in [0.717, 1.165) is 38.8 Å². The molecule has 1 fully saturated rings. The van der Waals surface area contributed by atoms with Crippen molar-refractivity contribution in [1.82, 2.24) is 10.2 Å². The third-order valence-corrected chi connectivity index (χ3v) is 4.72. The van der Waals surface area contributed by atoms with Gasteiger partial charge in [0.15, 0.2) is 0 Å². The number of fused-ring (bicyclic) bond motifs is 1. The van der Waals surface area contributed by atoms with E-state index in [1.54, 1.807) is 0 Å². The van der Waals surface area contributed by atoms with Crippen molar-refractivity contribution in [2.45, 2.75) is 31.7 Å². The zero-order chi connectivity index (χ0) is 14.7. The summed E-state index contributed by atoms with van der Waals surface area (Å²) in [6, 6.07) is 8.64. The highest BCUT2D eigenvalue weighted by Crippen LogP contribution is 2.31. The molecule has 1 amide bonds. The summed E-state index contributed by atoms with van der Waals surface area (Å²) < 4.78 is 0. The molecule has 1 aliphatic heterocycles. The molecule has 1 heterocycles. The molecular weight excluding hydrogens is 260 g/mol. The first-order valence-electron chi connectivity index (χ1n) is 7.82. The van der Waals surface area contributed by atoms with Gasteiger partial charge in [0.25, 0.3) is 0 Å². The van der Waals surface area contributed by atoms with Crippen LogP contribution >= 0.6 is 0 Å². The summed E-state index contributed by atoms with van der Waals surface area (Å²) >= 11 is 0. The fourth-order valence-corrected chi connectivity index (χ4v) is 3.48. The van der Waals surface area contributed by atoms with E-state index < -0.39 is 0 Å². The van der Waals surface area contributed by atoms with Gasteiger partial charge in [-0.1, -0.05) is 30.2 Å². The van der Waals surface area contributed by atoms with Crippen LogP contribution in [-0.2, 0) is 11.2 Å². The quantitative estimate of drug-likeness (QED) is 0.862. The lowest BCUT2D eigenvalue weighted by Crippen LogP contribution is -2.41. The molecule has 1 N–H and O–H groups in total. The Labute approximate surface area is 126 Å². The van der Waals surface area contributed by atoms with Gasteiger partial charge in [-0.2, -0.15) is 0 Å². The van der Waals surface area contributed by atoms with Gasteiger partial charge < -0.3 is 5.32 Å². The number of piperidine rings is 1. The number of likely N-dealkylation sites (tertiary alicyclic amines) is 1. The summed E-state index contributed by atoms with van der Waals surface area (Å²) in [5.74, 6) is 3.04. The van der Waals surface area contributed by atoms with Gasteiger partial charge in [-0.25, -0.2) is 0 Å². The highest BCUT2D eigenvalue weighted by molar-refractivity contribution is 5.79. The lowest BCUT2D eigenvalue weighted by molar-refractivity contribution is -0.127. The molecule has 110 valence electrons. The molecule has 1 atom stereocenters. The highest BCUT2D eigenvalue weighted by atomic mass is 16.1. The Bertz CT molecular complexity index is 553. The Morgan fingerprint density at radius 1 is 1.29 bits per heavy atom. The van der Waals surface area contributed by atoms with Gasteiger partial charge in [0.1, 0.15) is 0 Å². The van der Waals surface area contributed by atoms with Crippen molar-refractivity contribution in [1.29, 1.82) is 0 Å². The molecule has 0 aromatic heterocycles. The van der Waals surface area contributed by atoms with Crippen LogP contribution in [0.25, 0.3) is 0 Å². The van der Waals surface area contributed by atoms with E-state index in [2.05, 4.69) is 40.4 Å². The Balaban J connectivity index is 1.55. The number of nitrogens with zero attached hydrogens (tertiary/aromatic N) is 1. The summed E-state index contributed by atoms with van der Waals surface area (Å²) in [5.41, 5.74) is 2.68. The summed E-state index contributed by atoms with van der Waals surface area (Å²) in [7, 11) is 0. The molecule has 3 nitrogen and oxygen atoms in total. The zero-order valence-corrected chi connectivity index (χ0v) is 12.3. The zero-order valence-electron chi connectivity index (χ0n) is 12.3. The van der Waals surface area contributed by atoms with Crippen LogP contribution < -0.4 is 5.32 Å². The first-order valence-corrected chi connectivity index (χ1v) is 7.82. The minimum absolute atomic E-state index is 0.145. The van der Waals surface area contributed by atoms with Crippen molar-refractivity contribution in [3.05, 3.63) is 35.4 Å². The number of amides is 1. The first kappa shape index (κ1) is 14.2. The predicted octanol–water partition coefficient (Wildman–Crippen LogP) is 2.14. The largest absolute Gasteiger partial charge is 0.349 e. The third-order valence-electron chi connectivity index (χ3n) is 4.72. The fraction of sp³-hybridized carbons (Fsp3) is 0.500. The number of carbonyl (C=O) groups excluding carboxylic acids is 1. The predicted molar refractivity (Wildman–Crippen MR) is 83.6 cm³/mol. The second-order valence-electron chi connectivity index (χ2n) is 6.05. The molecule has 0 bridgehead atoms. The van der Waals surface area contributed by atoms with Crippen LogP contribution in [0.3, 0.4) is 0 Å². The fourth-order valence-electron chi connectivity index (χ4n) is 3.48. The van der Waals surface area contributed by atoms with Crippen molar-refractivity contribution in [3.63, 3.8) is 0 Å². The molecule has 0 spiro atoms. The van der Waals surface area contributed by atoms with Crippen molar-refractivity contribution in [3.8, 4) is 12.3 Å². The minimum atomic E-state index is 0.145. The van der Waals surface area contributed by atoms with Crippen LogP contribution in [0, 0.1) is 18.3 Å². The van der Waals surface area contributed by atoms with Crippen molar-refractivity contribution < 1.29 is 4.79 Å². The molecule has 1 saturated heterocycles. The molecule has 1 aromatic rings. The minimum Gasteiger partial charge on any atom is -0.349 e. The number of aryl methyl sites for hydroxylation is 1. The number of rotatable bonds is 3. The Hall–Kier alpha value is -1.79. The smallest absolute Gasteiger partial charge is 0.223 e.